The monoisotopic (exact) mass is 291 g/mol. The summed E-state index contributed by atoms with van der Waals surface area (Å²) in [6.07, 6.45) is 6.74. The highest BCUT2D eigenvalue weighted by Gasteiger charge is 2.04. The summed E-state index contributed by atoms with van der Waals surface area (Å²) in [5, 5.41) is 2.16. The van der Waals surface area contributed by atoms with Gasteiger partial charge in [0.25, 0.3) is 0 Å². The van der Waals surface area contributed by atoms with Gasteiger partial charge in [-0.1, -0.05) is 74.7 Å². The predicted molar refractivity (Wildman–Crippen MR) is 87.0 cm³/mol. The van der Waals surface area contributed by atoms with E-state index in [0.29, 0.717) is 0 Å². The Labute approximate surface area is 124 Å². The second-order valence-corrected chi connectivity index (χ2v) is 6.83. The van der Waals surface area contributed by atoms with Crippen LogP contribution in [0.15, 0.2) is 40.1 Å². The number of unbranched alkanes of at least 4 members (excludes halogenated alkanes) is 4. The number of benzene rings is 1. The van der Waals surface area contributed by atoms with Crippen molar-refractivity contribution >= 4 is 23.1 Å². The van der Waals surface area contributed by atoms with Crippen molar-refractivity contribution in [1.82, 2.24) is 4.98 Å². The lowest BCUT2D eigenvalue weighted by molar-refractivity contribution is 0.659. The zero-order valence-electron chi connectivity index (χ0n) is 11.5. The van der Waals surface area contributed by atoms with E-state index < -0.39 is 0 Å². The molecular formula is C16H21NS2. The van der Waals surface area contributed by atoms with Gasteiger partial charge in [0.15, 0.2) is 4.34 Å². The number of thioether (sulfide) groups is 1. The summed E-state index contributed by atoms with van der Waals surface area (Å²) in [7, 11) is 0. The molecule has 0 saturated heterocycles. The second kappa shape index (κ2) is 8.39. The molecule has 3 heteroatoms. The molecule has 102 valence electrons. The summed E-state index contributed by atoms with van der Waals surface area (Å²) < 4.78 is 1.20. The van der Waals surface area contributed by atoms with E-state index in [2.05, 4.69) is 36.6 Å². The van der Waals surface area contributed by atoms with E-state index in [-0.39, 0.29) is 0 Å². The van der Waals surface area contributed by atoms with Gasteiger partial charge in [-0.3, -0.25) is 0 Å². The van der Waals surface area contributed by atoms with Crippen LogP contribution in [-0.2, 0) is 0 Å². The molecule has 0 radical (unpaired) electrons. The highest BCUT2D eigenvalue weighted by Crippen LogP contribution is 2.28. The minimum absolute atomic E-state index is 1.11. The summed E-state index contributed by atoms with van der Waals surface area (Å²) in [5.74, 6) is 1.20. The molecule has 0 saturated carbocycles. The molecule has 1 aromatic heterocycles. The van der Waals surface area contributed by atoms with Crippen molar-refractivity contribution in [3.05, 3.63) is 35.7 Å². The summed E-state index contributed by atoms with van der Waals surface area (Å²) in [5.41, 5.74) is 2.33. The van der Waals surface area contributed by atoms with Gasteiger partial charge in [0, 0.05) is 16.7 Å². The van der Waals surface area contributed by atoms with Crippen molar-refractivity contribution in [3.63, 3.8) is 0 Å². The van der Waals surface area contributed by atoms with Crippen LogP contribution in [0.2, 0.25) is 0 Å². The van der Waals surface area contributed by atoms with Crippen molar-refractivity contribution in [3.8, 4) is 11.3 Å². The molecule has 0 unspecified atom stereocenters. The van der Waals surface area contributed by atoms with Crippen LogP contribution in [0, 0.1) is 0 Å². The minimum atomic E-state index is 1.11. The summed E-state index contributed by atoms with van der Waals surface area (Å²) in [4.78, 5) is 4.70. The Balaban J connectivity index is 1.75. The molecule has 1 aromatic carbocycles. The molecule has 2 rings (SSSR count). The molecule has 0 aliphatic heterocycles. The summed E-state index contributed by atoms with van der Waals surface area (Å²) >= 11 is 3.67. The van der Waals surface area contributed by atoms with Crippen molar-refractivity contribution in [2.24, 2.45) is 0 Å². The van der Waals surface area contributed by atoms with Crippen LogP contribution in [0.4, 0.5) is 0 Å². The lowest BCUT2D eigenvalue weighted by atomic mass is 10.2. The fourth-order valence-corrected chi connectivity index (χ4v) is 3.83. The van der Waals surface area contributed by atoms with Crippen molar-refractivity contribution in [2.45, 2.75) is 43.4 Å². The van der Waals surface area contributed by atoms with E-state index in [1.54, 1.807) is 11.3 Å². The van der Waals surface area contributed by atoms with Crippen LogP contribution in [0.5, 0.6) is 0 Å². The molecule has 1 nitrogen and oxygen atoms in total. The molecule has 0 fully saturated rings. The fourth-order valence-electron chi connectivity index (χ4n) is 1.93. The first-order valence-corrected chi connectivity index (χ1v) is 8.90. The third-order valence-corrected chi connectivity index (χ3v) is 5.13. The number of hydrogen-bond acceptors (Lipinski definition) is 3. The lowest BCUT2D eigenvalue weighted by Gasteiger charge is -1.98. The van der Waals surface area contributed by atoms with Gasteiger partial charge in [0.2, 0.25) is 0 Å². The number of nitrogens with zero attached hydrogens (tertiary/aromatic N) is 1. The maximum atomic E-state index is 4.70. The van der Waals surface area contributed by atoms with Crippen LogP contribution in [0.3, 0.4) is 0 Å². The third-order valence-electron chi connectivity index (χ3n) is 3.03. The summed E-state index contributed by atoms with van der Waals surface area (Å²) in [6, 6.07) is 10.4. The first-order chi connectivity index (χ1) is 9.40. The van der Waals surface area contributed by atoms with Crippen LogP contribution in [-0.4, -0.2) is 10.7 Å². The van der Waals surface area contributed by atoms with E-state index in [1.807, 2.05) is 17.8 Å². The van der Waals surface area contributed by atoms with Gasteiger partial charge in [-0.2, -0.15) is 0 Å². The Morgan fingerprint density at radius 3 is 2.63 bits per heavy atom. The van der Waals surface area contributed by atoms with Gasteiger partial charge < -0.3 is 0 Å². The molecule has 19 heavy (non-hydrogen) atoms. The Kier molecular flexibility index (Phi) is 6.45. The average Bonchev–Trinajstić information content (AvgIpc) is 2.92. The molecule has 0 atom stereocenters. The Hall–Kier alpha value is -0.800. The molecule has 0 aliphatic carbocycles. The van der Waals surface area contributed by atoms with Gasteiger partial charge >= 0.3 is 0 Å². The molecular weight excluding hydrogens is 270 g/mol. The highest BCUT2D eigenvalue weighted by molar-refractivity contribution is 8.01. The normalized spacial score (nSPS) is 10.8. The largest absolute Gasteiger partial charge is 0.230 e. The van der Waals surface area contributed by atoms with Crippen LogP contribution in [0.1, 0.15) is 39.0 Å². The first-order valence-electron chi connectivity index (χ1n) is 7.04. The van der Waals surface area contributed by atoms with Gasteiger partial charge in [-0.25, -0.2) is 4.98 Å². The van der Waals surface area contributed by atoms with Crippen LogP contribution in [0.25, 0.3) is 11.3 Å². The number of rotatable bonds is 8. The van der Waals surface area contributed by atoms with Gasteiger partial charge in [0.1, 0.15) is 0 Å². The highest BCUT2D eigenvalue weighted by atomic mass is 32.2. The van der Waals surface area contributed by atoms with Crippen LogP contribution >= 0.6 is 23.1 Å². The molecule has 2 aromatic rings. The van der Waals surface area contributed by atoms with Gasteiger partial charge in [0.05, 0.1) is 5.69 Å². The van der Waals surface area contributed by atoms with E-state index in [0.717, 1.165) is 5.69 Å². The SMILES string of the molecule is CCCCCCCSc1nc(-c2ccccc2)cs1. The second-order valence-electron chi connectivity index (χ2n) is 4.63. The lowest BCUT2D eigenvalue weighted by Crippen LogP contribution is -1.82. The molecule has 0 amide bonds. The first kappa shape index (κ1) is 14.6. The smallest absolute Gasteiger partial charge is 0.150 e. The number of aromatic nitrogens is 1. The standard InChI is InChI=1S/C16H21NS2/c1-2-3-4-5-9-12-18-16-17-15(13-19-16)14-10-7-6-8-11-14/h6-8,10-11,13H,2-5,9,12H2,1H3. The maximum Gasteiger partial charge on any atom is 0.150 e. The summed E-state index contributed by atoms with van der Waals surface area (Å²) in [6.45, 7) is 2.26. The van der Waals surface area contributed by atoms with Crippen LogP contribution < -0.4 is 0 Å². The predicted octanol–water partition coefficient (Wildman–Crippen LogP) is 5.87. The van der Waals surface area contributed by atoms with E-state index in [9.17, 15) is 0 Å². The molecule has 1 heterocycles. The Morgan fingerprint density at radius 1 is 1.05 bits per heavy atom. The molecule has 0 spiro atoms. The zero-order chi connectivity index (χ0) is 13.3. The Morgan fingerprint density at radius 2 is 1.84 bits per heavy atom. The number of thiazole rings is 1. The van der Waals surface area contributed by atoms with Crippen molar-refractivity contribution in [1.29, 1.82) is 0 Å². The minimum Gasteiger partial charge on any atom is -0.230 e. The maximum absolute atomic E-state index is 4.70. The quantitative estimate of drug-likeness (QED) is 0.445. The molecule has 0 bridgehead atoms. The van der Waals surface area contributed by atoms with Gasteiger partial charge in [-0.15, -0.1) is 11.3 Å². The third kappa shape index (κ3) is 5.00. The van der Waals surface area contributed by atoms with E-state index in [1.165, 1.54) is 47.8 Å². The fraction of sp³-hybridized carbons (Fsp3) is 0.438. The topological polar surface area (TPSA) is 12.9 Å². The average molecular weight is 291 g/mol. The Bertz CT molecular complexity index is 465. The van der Waals surface area contributed by atoms with Crippen molar-refractivity contribution in [2.75, 3.05) is 5.75 Å². The van der Waals surface area contributed by atoms with Crippen molar-refractivity contribution < 1.29 is 0 Å². The molecule has 0 N–H and O–H groups in total. The zero-order valence-corrected chi connectivity index (χ0v) is 13.1. The number of hydrogen-bond donors (Lipinski definition) is 0. The molecule has 0 aliphatic rings. The van der Waals surface area contributed by atoms with Gasteiger partial charge in [-0.05, 0) is 6.42 Å². The van der Waals surface area contributed by atoms with E-state index in [4.69, 9.17) is 4.98 Å². The van der Waals surface area contributed by atoms with E-state index >= 15 is 0 Å².